The van der Waals surface area contributed by atoms with E-state index in [1.807, 2.05) is 0 Å². The summed E-state index contributed by atoms with van der Waals surface area (Å²) in [4.78, 5) is 13.3. The number of carboxylic acid groups (broad SMARTS) is 1. The summed E-state index contributed by atoms with van der Waals surface area (Å²) in [5.74, 6) is -0.635. The van der Waals surface area contributed by atoms with Crippen LogP contribution in [0.1, 0.15) is 45.4 Å². The maximum absolute atomic E-state index is 10.8. The summed E-state index contributed by atoms with van der Waals surface area (Å²) in [7, 11) is 0. The molecular weight excluding hydrogens is 178 g/mol. The number of hydrogen-bond donors (Lipinski definition) is 1. The van der Waals surface area contributed by atoms with E-state index in [2.05, 4.69) is 11.8 Å². The Labute approximate surface area is 85.1 Å². The van der Waals surface area contributed by atoms with E-state index in [4.69, 9.17) is 5.11 Å². The lowest BCUT2D eigenvalue weighted by Gasteiger charge is -2.50. The van der Waals surface area contributed by atoms with Crippen molar-refractivity contribution < 1.29 is 9.90 Å². The van der Waals surface area contributed by atoms with Crippen molar-refractivity contribution in [2.24, 2.45) is 0 Å². The van der Waals surface area contributed by atoms with Gasteiger partial charge in [0.25, 0.3) is 0 Å². The topological polar surface area (TPSA) is 40.5 Å². The molecule has 0 spiro atoms. The predicted molar refractivity (Wildman–Crippen MR) is 54.2 cm³/mol. The quantitative estimate of drug-likeness (QED) is 0.750. The Balaban J connectivity index is 2.07. The van der Waals surface area contributed by atoms with Crippen molar-refractivity contribution in [3.63, 3.8) is 0 Å². The number of carboxylic acids is 1. The Morgan fingerprint density at radius 2 is 2.21 bits per heavy atom. The van der Waals surface area contributed by atoms with Crippen molar-refractivity contribution in [1.82, 2.24) is 4.90 Å². The second-order valence-electron chi connectivity index (χ2n) is 4.83. The van der Waals surface area contributed by atoms with Crippen LogP contribution in [0.25, 0.3) is 0 Å². The first-order chi connectivity index (χ1) is 6.64. The van der Waals surface area contributed by atoms with Crippen molar-refractivity contribution in [2.75, 3.05) is 6.54 Å². The van der Waals surface area contributed by atoms with Gasteiger partial charge in [-0.25, -0.2) is 0 Å². The molecule has 3 nitrogen and oxygen atoms in total. The zero-order valence-corrected chi connectivity index (χ0v) is 8.83. The van der Waals surface area contributed by atoms with Crippen molar-refractivity contribution in [1.29, 1.82) is 0 Å². The van der Waals surface area contributed by atoms with Gasteiger partial charge in [-0.3, -0.25) is 9.69 Å². The number of likely N-dealkylation sites (tertiary alicyclic amines) is 1. The van der Waals surface area contributed by atoms with E-state index in [9.17, 15) is 4.79 Å². The van der Waals surface area contributed by atoms with Crippen LogP contribution >= 0.6 is 0 Å². The number of nitrogens with zero attached hydrogens (tertiary/aromatic N) is 1. The molecule has 2 aliphatic rings. The summed E-state index contributed by atoms with van der Waals surface area (Å²) in [6, 6.07) is 0.592. The highest BCUT2D eigenvalue weighted by atomic mass is 16.4. The fraction of sp³-hybridized carbons (Fsp3) is 0.909. The second kappa shape index (κ2) is 3.54. The van der Waals surface area contributed by atoms with Gasteiger partial charge in [0.2, 0.25) is 0 Å². The molecule has 14 heavy (non-hydrogen) atoms. The van der Waals surface area contributed by atoms with Gasteiger partial charge in [-0.15, -0.1) is 0 Å². The molecule has 0 aromatic carbocycles. The van der Waals surface area contributed by atoms with E-state index in [0.29, 0.717) is 12.5 Å². The van der Waals surface area contributed by atoms with Gasteiger partial charge in [-0.05, 0) is 45.6 Å². The fourth-order valence-electron chi connectivity index (χ4n) is 3.07. The van der Waals surface area contributed by atoms with Crippen LogP contribution in [0.2, 0.25) is 0 Å². The first-order valence-corrected chi connectivity index (χ1v) is 5.63. The maximum atomic E-state index is 10.8. The molecule has 1 aliphatic heterocycles. The Morgan fingerprint density at radius 1 is 1.50 bits per heavy atom. The number of hydrogen-bond acceptors (Lipinski definition) is 2. The van der Waals surface area contributed by atoms with Crippen LogP contribution in [0.15, 0.2) is 0 Å². The Bertz CT molecular complexity index is 235. The lowest BCUT2D eigenvalue weighted by atomic mass is 9.72. The summed E-state index contributed by atoms with van der Waals surface area (Å²) < 4.78 is 0. The third kappa shape index (κ3) is 1.54. The van der Waals surface area contributed by atoms with Gasteiger partial charge in [0, 0.05) is 11.6 Å². The van der Waals surface area contributed by atoms with Crippen molar-refractivity contribution >= 4 is 5.97 Å². The first kappa shape index (κ1) is 9.97. The molecular formula is C11H19NO2. The molecule has 3 heteroatoms. The first-order valence-electron chi connectivity index (χ1n) is 5.63. The molecule has 80 valence electrons. The molecule has 0 aromatic heterocycles. The van der Waals surface area contributed by atoms with Gasteiger partial charge < -0.3 is 5.11 Å². The van der Waals surface area contributed by atoms with E-state index >= 15 is 0 Å². The lowest BCUT2D eigenvalue weighted by Crippen LogP contribution is -2.56. The predicted octanol–water partition coefficient (Wildman–Crippen LogP) is 1.87. The molecule has 1 atom stereocenters. The molecule has 0 amide bonds. The van der Waals surface area contributed by atoms with Crippen molar-refractivity contribution in [3.8, 4) is 0 Å². The smallest absolute Gasteiger partial charge is 0.305 e. The highest BCUT2D eigenvalue weighted by Crippen LogP contribution is 2.44. The van der Waals surface area contributed by atoms with Crippen LogP contribution in [0.3, 0.4) is 0 Å². The van der Waals surface area contributed by atoms with Gasteiger partial charge in [0.05, 0.1) is 6.42 Å². The molecule has 1 aliphatic carbocycles. The van der Waals surface area contributed by atoms with Crippen LogP contribution in [0, 0.1) is 0 Å². The maximum Gasteiger partial charge on any atom is 0.305 e. The van der Waals surface area contributed by atoms with E-state index < -0.39 is 5.97 Å². The van der Waals surface area contributed by atoms with Crippen LogP contribution < -0.4 is 0 Å². The normalized spacial score (nSPS) is 31.4. The third-order valence-corrected chi connectivity index (χ3v) is 3.93. The van der Waals surface area contributed by atoms with Crippen LogP contribution in [-0.2, 0) is 4.79 Å². The summed E-state index contributed by atoms with van der Waals surface area (Å²) in [5, 5.41) is 8.93. The summed E-state index contributed by atoms with van der Waals surface area (Å²) in [6.07, 6.45) is 6.20. The molecule has 2 fully saturated rings. The highest BCUT2D eigenvalue weighted by molar-refractivity contribution is 5.68. The van der Waals surface area contributed by atoms with E-state index in [1.54, 1.807) is 0 Å². The standard InChI is InChI=1S/C11H19NO2/c1-9-4-2-7-12(9)11(5-3-6-11)8-10(13)14/h9H,2-8H2,1H3,(H,13,14). The van der Waals surface area contributed by atoms with Gasteiger partial charge in [0.15, 0.2) is 0 Å². The molecule has 0 bridgehead atoms. The molecule has 2 rings (SSSR count). The number of rotatable bonds is 3. The van der Waals surface area contributed by atoms with Gasteiger partial charge in [0.1, 0.15) is 0 Å². The Morgan fingerprint density at radius 3 is 2.57 bits per heavy atom. The zero-order valence-electron chi connectivity index (χ0n) is 8.83. The molecule has 1 saturated carbocycles. The minimum atomic E-state index is -0.635. The monoisotopic (exact) mass is 197 g/mol. The average molecular weight is 197 g/mol. The molecule has 1 unspecified atom stereocenters. The lowest BCUT2D eigenvalue weighted by molar-refractivity contribution is -0.143. The van der Waals surface area contributed by atoms with Crippen LogP contribution in [0.4, 0.5) is 0 Å². The molecule has 0 radical (unpaired) electrons. The van der Waals surface area contributed by atoms with Crippen molar-refractivity contribution in [3.05, 3.63) is 0 Å². The summed E-state index contributed by atoms with van der Waals surface area (Å²) >= 11 is 0. The van der Waals surface area contributed by atoms with Gasteiger partial charge in [-0.2, -0.15) is 0 Å². The SMILES string of the molecule is CC1CCCN1C1(CC(=O)O)CCC1. The van der Waals surface area contributed by atoms with Crippen molar-refractivity contribution in [2.45, 2.75) is 57.0 Å². The number of aliphatic carboxylic acids is 1. The Hall–Kier alpha value is -0.570. The molecule has 0 aromatic rings. The summed E-state index contributed by atoms with van der Waals surface area (Å²) in [6.45, 7) is 3.34. The second-order valence-corrected chi connectivity index (χ2v) is 4.83. The van der Waals surface area contributed by atoms with E-state index in [-0.39, 0.29) is 5.54 Å². The molecule has 1 heterocycles. The minimum absolute atomic E-state index is 0.0295. The Kier molecular flexibility index (Phi) is 2.52. The highest BCUT2D eigenvalue weighted by Gasteiger charge is 2.46. The number of carbonyl (C=O) groups is 1. The largest absolute Gasteiger partial charge is 0.481 e. The van der Waals surface area contributed by atoms with E-state index in [0.717, 1.165) is 19.4 Å². The van der Waals surface area contributed by atoms with Crippen LogP contribution in [0.5, 0.6) is 0 Å². The summed E-state index contributed by atoms with van der Waals surface area (Å²) in [5.41, 5.74) is 0.0295. The average Bonchev–Trinajstić information content (AvgIpc) is 2.44. The zero-order chi connectivity index (χ0) is 10.2. The molecule has 1 N–H and O–H groups in total. The van der Waals surface area contributed by atoms with Gasteiger partial charge in [-0.1, -0.05) is 0 Å². The fourth-order valence-corrected chi connectivity index (χ4v) is 3.07. The molecule has 1 saturated heterocycles. The third-order valence-electron chi connectivity index (χ3n) is 3.93. The van der Waals surface area contributed by atoms with Gasteiger partial charge >= 0.3 is 5.97 Å². The van der Waals surface area contributed by atoms with Crippen LogP contribution in [-0.4, -0.2) is 34.1 Å². The minimum Gasteiger partial charge on any atom is -0.481 e. The van der Waals surface area contributed by atoms with E-state index in [1.165, 1.54) is 19.3 Å².